The molecule has 0 saturated heterocycles. The molecule has 0 fully saturated rings. The summed E-state index contributed by atoms with van der Waals surface area (Å²) in [4.78, 5) is 41.7. The lowest BCUT2D eigenvalue weighted by Gasteiger charge is -2.37. The summed E-state index contributed by atoms with van der Waals surface area (Å²) in [5.74, 6) is -0.208. The Morgan fingerprint density at radius 2 is 1.53 bits per heavy atom. The highest BCUT2D eigenvalue weighted by molar-refractivity contribution is 5.99. The van der Waals surface area contributed by atoms with Gasteiger partial charge in [-0.05, 0) is 83.9 Å². The summed E-state index contributed by atoms with van der Waals surface area (Å²) < 4.78 is 5.32. The van der Waals surface area contributed by atoms with Gasteiger partial charge in [0.2, 0.25) is 5.91 Å². The van der Waals surface area contributed by atoms with E-state index in [1.807, 2.05) is 70.2 Å². The van der Waals surface area contributed by atoms with Crippen LogP contribution in [-0.2, 0) is 14.3 Å². The van der Waals surface area contributed by atoms with Gasteiger partial charge in [-0.25, -0.2) is 4.79 Å². The van der Waals surface area contributed by atoms with Gasteiger partial charge < -0.3 is 20.3 Å². The second-order valence-electron chi connectivity index (χ2n) is 11.5. The molecule has 0 heterocycles. The average molecular weight is 524 g/mol. The average Bonchev–Trinajstić information content (AvgIpc) is 2.80. The number of carbonyl (C=O) groups excluding carboxylic acids is 3. The molecule has 38 heavy (non-hydrogen) atoms. The third kappa shape index (κ3) is 9.19. The number of nitrogens with one attached hydrogen (secondary N) is 2. The molecule has 7 heteroatoms. The Morgan fingerprint density at radius 3 is 2.08 bits per heavy atom. The van der Waals surface area contributed by atoms with Gasteiger partial charge in [-0.15, -0.1) is 0 Å². The third-order valence-corrected chi connectivity index (χ3v) is 6.32. The maximum atomic E-state index is 14.0. The Kier molecular flexibility index (Phi) is 10.9. The Morgan fingerprint density at radius 1 is 0.921 bits per heavy atom. The molecule has 3 amide bonds. The molecule has 0 saturated carbocycles. The molecular formula is C31H45N3O4. The van der Waals surface area contributed by atoms with Gasteiger partial charge in [0.15, 0.2) is 0 Å². The van der Waals surface area contributed by atoms with E-state index in [-0.39, 0.29) is 24.4 Å². The zero-order valence-corrected chi connectivity index (χ0v) is 24.5. The van der Waals surface area contributed by atoms with Crippen molar-refractivity contribution in [1.82, 2.24) is 10.2 Å². The molecule has 0 bridgehead atoms. The fourth-order valence-corrected chi connectivity index (χ4v) is 4.39. The van der Waals surface area contributed by atoms with Crippen molar-refractivity contribution in [3.63, 3.8) is 0 Å². The zero-order chi connectivity index (χ0) is 28.6. The van der Waals surface area contributed by atoms with Crippen LogP contribution in [0.5, 0.6) is 0 Å². The first-order valence-corrected chi connectivity index (χ1v) is 13.4. The van der Waals surface area contributed by atoms with E-state index in [9.17, 15) is 14.4 Å². The summed E-state index contributed by atoms with van der Waals surface area (Å²) in [6, 6.07) is 12.4. The Bertz CT molecular complexity index is 1100. The van der Waals surface area contributed by atoms with Crippen LogP contribution in [-0.4, -0.2) is 41.0 Å². The SMILES string of the molecule is Cc1cccc(C(C(=O)Nc2c(C)cccc2C)N(C(=O)CNC(=O)OC(C)(C)C)C(C)CCC(C)C)c1. The maximum absolute atomic E-state index is 14.0. The van der Waals surface area contributed by atoms with Gasteiger partial charge in [-0.3, -0.25) is 9.59 Å². The van der Waals surface area contributed by atoms with E-state index < -0.39 is 17.7 Å². The van der Waals surface area contributed by atoms with Gasteiger partial charge in [-0.1, -0.05) is 61.9 Å². The van der Waals surface area contributed by atoms with Crippen LogP contribution in [0.2, 0.25) is 0 Å². The van der Waals surface area contributed by atoms with Gasteiger partial charge >= 0.3 is 6.09 Å². The first kappa shape index (κ1) is 30.9. The molecule has 0 aromatic heterocycles. The van der Waals surface area contributed by atoms with Crippen LogP contribution < -0.4 is 10.6 Å². The second kappa shape index (κ2) is 13.4. The van der Waals surface area contributed by atoms with Crippen molar-refractivity contribution in [3.05, 3.63) is 64.7 Å². The van der Waals surface area contributed by atoms with Crippen LogP contribution in [0.25, 0.3) is 0 Å². The van der Waals surface area contributed by atoms with Crippen LogP contribution in [0.1, 0.15) is 82.7 Å². The fourth-order valence-electron chi connectivity index (χ4n) is 4.39. The third-order valence-electron chi connectivity index (χ3n) is 6.32. The number of nitrogens with zero attached hydrogens (tertiary/aromatic N) is 1. The van der Waals surface area contributed by atoms with Crippen molar-refractivity contribution in [2.75, 3.05) is 11.9 Å². The van der Waals surface area contributed by atoms with Crippen molar-refractivity contribution >= 4 is 23.6 Å². The van der Waals surface area contributed by atoms with E-state index in [4.69, 9.17) is 4.74 Å². The predicted molar refractivity (Wildman–Crippen MR) is 153 cm³/mol. The minimum Gasteiger partial charge on any atom is -0.444 e. The highest BCUT2D eigenvalue weighted by atomic mass is 16.6. The van der Waals surface area contributed by atoms with Gasteiger partial charge in [0.05, 0.1) is 0 Å². The topological polar surface area (TPSA) is 87.7 Å². The number of alkyl carbamates (subject to hydrolysis) is 1. The first-order chi connectivity index (χ1) is 17.7. The number of hydrogen-bond acceptors (Lipinski definition) is 4. The van der Waals surface area contributed by atoms with Crippen molar-refractivity contribution in [3.8, 4) is 0 Å². The summed E-state index contributed by atoms with van der Waals surface area (Å²) in [5, 5.41) is 5.68. The van der Waals surface area contributed by atoms with E-state index in [2.05, 4.69) is 24.5 Å². The summed E-state index contributed by atoms with van der Waals surface area (Å²) in [6.45, 7) is 17.1. The molecule has 2 aromatic rings. The molecule has 0 aliphatic carbocycles. The molecule has 0 aliphatic heterocycles. The molecular weight excluding hydrogens is 478 g/mol. The van der Waals surface area contributed by atoms with Crippen LogP contribution >= 0.6 is 0 Å². The Hall–Kier alpha value is -3.35. The largest absolute Gasteiger partial charge is 0.444 e. The van der Waals surface area contributed by atoms with E-state index >= 15 is 0 Å². The minimum absolute atomic E-state index is 0.250. The predicted octanol–water partition coefficient (Wildman–Crippen LogP) is 6.47. The number of benzene rings is 2. The maximum Gasteiger partial charge on any atom is 0.408 e. The normalized spacial score (nSPS) is 13.0. The molecule has 2 unspecified atom stereocenters. The molecule has 208 valence electrons. The molecule has 0 radical (unpaired) electrons. The molecule has 0 aliphatic rings. The summed E-state index contributed by atoms with van der Waals surface area (Å²) in [7, 11) is 0. The fraction of sp³-hybridized carbons (Fsp3) is 0.516. The number of hydrogen-bond donors (Lipinski definition) is 2. The number of anilines is 1. The first-order valence-electron chi connectivity index (χ1n) is 13.4. The number of rotatable bonds is 10. The van der Waals surface area contributed by atoms with Crippen molar-refractivity contribution in [2.45, 2.75) is 92.8 Å². The summed E-state index contributed by atoms with van der Waals surface area (Å²) >= 11 is 0. The summed E-state index contributed by atoms with van der Waals surface area (Å²) in [5.41, 5.74) is 3.64. The number of ether oxygens (including phenoxy) is 1. The summed E-state index contributed by atoms with van der Waals surface area (Å²) in [6.07, 6.45) is 0.936. The number of carbonyl (C=O) groups is 3. The second-order valence-corrected chi connectivity index (χ2v) is 11.5. The minimum atomic E-state index is -0.885. The lowest BCUT2D eigenvalue weighted by molar-refractivity contribution is -0.140. The lowest BCUT2D eigenvalue weighted by atomic mass is 9.97. The lowest BCUT2D eigenvalue weighted by Crippen LogP contribution is -2.50. The molecule has 2 N–H and O–H groups in total. The van der Waals surface area contributed by atoms with E-state index in [0.717, 1.165) is 40.8 Å². The number of para-hydroxylation sites is 1. The highest BCUT2D eigenvalue weighted by Crippen LogP contribution is 2.30. The standard InChI is InChI=1S/C31H45N3O4/c1-20(2)16-17-24(6)34(26(35)19-32-30(37)38-31(7,8)9)28(25-15-10-12-21(3)18-25)29(36)33-27-22(4)13-11-14-23(27)5/h10-15,18,20,24,28H,16-17,19H2,1-9H3,(H,32,37)(H,33,36). The molecule has 2 rings (SSSR count). The number of amides is 3. The molecule has 2 atom stereocenters. The smallest absolute Gasteiger partial charge is 0.408 e. The molecule has 2 aromatic carbocycles. The molecule has 7 nitrogen and oxygen atoms in total. The monoisotopic (exact) mass is 523 g/mol. The van der Waals surface area contributed by atoms with E-state index in [1.165, 1.54) is 0 Å². The van der Waals surface area contributed by atoms with Crippen LogP contribution in [0.15, 0.2) is 42.5 Å². The van der Waals surface area contributed by atoms with Gasteiger partial charge in [0.1, 0.15) is 18.2 Å². The van der Waals surface area contributed by atoms with E-state index in [0.29, 0.717) is 5.92 Å². The quantitative estimate of drug-likeness (QED) is 0.374. The van der Waals surface area contributed by atoms with Crippen LogP contribution in [0, 0.1) is 26.7 Å². The van der Waals surface area contributed by atoms with Gasteiger partial charge in [-0.2, -0.15) is 0 Å². The highest BCUT2D eigenvalue weighted by Gasteiger charge is 2.35. The number of aryl methyl sites for hydroxylation is 3. The molecule has 0 spiro atoms. The van der Waals surface area contributed by atoms with E-state index in [1.54, 1.807) is 25.7 Å². The van der Waals surface area contributed by atoms with Gasteiger partial charge in [0, 0.05) is 11.7 Å². The Balaban J connectivity index is 2.50. The van der Waals surface area contributed by atoms with Crippen LogP contribution in [0.3, 0.4) is 0 Å². The Labute approximate surface area is 228 Å². The zero-order valence-electron chi connectivity index (χ0n) is 24.5. The van der Waals surface area contributed by atoms with Crippen LogP contribution in [0.4, 0.5) is 10.5 Å². The van der Waals surface area contributed by atoms with Crippen molar-refractivity contribution in [1.29, 1.82) is 0 Å². The van der Waals surface area contributed by atoms with Crippen molar-refractivity contribution < 1.29 is 19.1 Å². The van der Waals surface area contributed by atoms with Crippen molar-refractivity contribution in [2.24, 2.45) is 5.92 Å². The van der Waals surface area contributed by atoms with Gasteiger partial charge in [0.25, 0.3) is 5.91 Å².